The predicted molar refractivity (Wildman–Crippen MR) is 195 cm³/mol. The Kier molecular flexibility index (Phi) is 10.2. The van der Waals surface area contributed by atoms with Crippen molar-refractivity contribution in [3.8, 4) is 0 Å². The van der Waals surface area contributed by atoms with E-state index in [0.717, 1.165) is 0 Å². The number of anilines is 2. The van der Waals surface area contributed by atoms with Gasteiger partial charge in [-0.1, -0.05) is 43.3 Å². The number of ether oxygens (including phenoxy) is 2. The molecule has 56 heavy (non-hydrogen) atoms. The van der Waals surface area contributed by atoms with E-state index in [9.17, 15) is 23.1 Å². The number of alkyl halides is 1. The SMILES string of the molecule is CC[C@H]1O[C@@H](n2cnc3c(NC(=O)c4ccccc4)ncnc32)[C@H](OS(=O)(=O)NC[C@H]2O[C@@H](n3cnc4c(NC(=O)c5ccccc5)ncnc43)C[C@@H]2O)[C@@H]1F. The third-order valence-electron chi connectivity index (χ3n) is 9.41. The Hall–Kier alpha value is -5.84. The maximum atomic E-state index is 15.8. The summed E-state index contributed by atoms with van der Waals surface area (Å²) in [7, 11) is -4.68. The molecule has 6 heterocycles. The first-order valence-corrected chi connectivity index (χ1v) is 18.9. The van der Waals surface area contributed by atoms with Crippen LogP contribution in [-0.4, -0.2) is 102 Å². The van der Waals surface area contributed by atoms with Crippen molar-refractivity contribution in [3.63, 3.8) is 0 Å². The molecule has 0 aliphatic carbocycles. The number of aliphatic hydroxyl groups is 1. The van der Waals surface area contributed by atoms with Crippen LogP contribution in [0.3, 0.4) is 0 Å². The van der Waals surface area contributed by atoms with E-state index < -0.39 is 71.7 Å². The molecule has 0 bridgehead atoms. The summed E-state index contributed by atoms with van der Waals surface area (Å²) >= 11 is 0. The number of aromatic nitrogens is 8. The van der Waals surface area contributed by atoms with Crippen molar-refractivity contribution >= 4 is 56.1 Å². The van der Waals surface area contributed by atoms with E-state index in [1.54, 1.807) is 72.2 Å². The zero-order chi connectivity index (χ0) is 39.0. The molecule has 2 aromatic carbocycles. The number of benzene rings is 2. The lowest BCUT2D eigenvalue weighted by atomic mass is 10.1. The molecule has 6 aromatic rings. The van der Waals surface area contributed by atoms with E-state index in [2.05, 4.69) is 45.3 Å². The molecule has 4 N–H and O–H groups in total. The fourth-order valence-electron chi connectivity index (χ4n) is 6.60. The first kappa shape index (κ1) is 37.1. The third kappa shape index (κ3) is 7.30. The standard InChI is InChI=1S/C35H34FN11O8S/c1-2-22-25(36)28(35(54-22)47-18-42-27-30(38-16-40-32(27)47)45-34(50)20-11-7-4-8-12-20)55-56(51,52)43-14-23-21(48)13-24(53-23)46-17-41-26-29(37-15-39-31(26)46)44-33(49)19-9-5-3-6-10-19/h3-12,15-18,21-25,28,35,43,48H,2,13-14H2,1H3,(H,37,39,44,49)(H,38,40,45,50)/t21-,22+,23+,24+,25+,28+,35+/m0/s1. The molecule has 0 unspecified atom stereocenters. The number of hydrogen-bond donors (Lipinski definition) is 4. The molecule has 2 aliphatic heterocycles. The Morgan fingerprint density at radius 3 is 1.95 bits per heavy atom. The molecule has 0 spiro atoms. The summed E-state index contributed by atoms with van der Waals surface area (Å²) in [5.41, 5.74) is 1.67. The number of nitrogens with zero attached hydrogens (tertiary/aromatic N) is 8. The summed E-state index contributed by atoms with van der Waals surface area (Å²) in [6.45, 7) is 1.25. The summed E-state index contributed by atoms with van der Waals surface area (Å²) in [5, 5.41) is 16.3. The minimum absolute atomic E-state index is 0.0427. The van der Waals surface area contributed by atoms with E-state index >= 15 is 4.39 Å². The number of carbonyl (C=O) groups is 2. The van der Waals surface area contributed by atoms with E-state index in [4.69, 9.17) is 13.7 Å². The monoisotopic (exact) mass is 787 g/mol. The molecule has 290 valence electrons. The second-order valence-electron chi connectivity index (χ2n) is 12.9. The zero-order valence-electron chi connectivity index (χ0n) is 29.4. The van der Waals surface area contributed by atoms with E-state index in [1.807, 2.05) is 0 Å². The number of amides is 2. The van der Waals surface area contributed by atoms with Crippen molar-refractivity contribution in [2.75, 3.05) is 17.2 Å². The zero-order valence-corrected chi connectivity index (χ0v) is 30.2. The number of halogens is 1. The maximum Gasteiger partial charge on any atom is 0.336 e. The van der Waals surface area contributed by atoms with Gasteiger partial charge in [0.25, 0.3) is 11.8 Å². The normalized spacial score (nSPS) is 23.8. The van der Waals surface area contributed by atoms with Crippen LogP contribution in [0, 0.1) is 0 Å². The number of fused-ring (bicyclic) bond motifs is 2. The van der Waals surface area contributed by atoms with E-state index in [-0.39, 0.29) is 41.2 Å². The van der Waals surface area contributed by atoms with Crippen LogP contribution >= 0.6 is 0 Å². The van der Waals surface area contributed by atoms with Crippen molar-refractivity contribution in [1.82, 2.24) is 43.8 Å². The van der Waals surface area contributed by atoms with Gasteiger partial charge in [0.15, 0.2) is 52.5 Å². The largest absolute Gasteiger partial charge is 0.390 e. The molecule has 19 nitrogen and oxygen atoms in total. The van der Waals surface area contributed by atoms with Crippen LogP contribution in [0.2, 0.25) is 0 Å². The molecule has 8 rings (SSSR count). The molecule has 2 fully saturated rings. The van der Waals surface area contributed by atoms with Crippen LogP contribution in [0.15, 0.2) is 86.0 Å². The van der Waals surface area contributed by atoms with Crippen LogP contribution in [0.1, 0.15) is 52.9 Å². The minimum atomic E-state index is -4.68. The summed E-state index contributed by atoms with van der Waals surface area (Å²) in [6, 6.07) is 17.0. The van der Waals surface area contributed by atoms with E-state index in [1.165, 1.54) is 29.9 Å². The van der Waals surface area contributed by atoms with Gasteiger partial charge in [-0.05, 0) is 30.7 Å². The lowest BCUT2D eigenvalue weighted by Gasteiger charge is -2.22. The predicted octanol–water partition coefficient (Wildman–Crippen LogP) is 2.68. The van der Waals surface area contributed by atoms with Gasteiger partial charge in [-0.25, -0.2) is 38.5 Å². The number of rotatable bonds is 12. The van der Waals surface area contributed by atoms with Gasteiger partial charge in [0.1, 0.15) is 18.9 Å². The van der Waals surface area contributed by atoms with Crippen LogP contribution in [0.4, 0.5) is 16.0 Å². The highest BCUT2D eigenvalue weighted by molar-refractivity contribution is 7.84. The highest BCUT2D eigenvalue weighted by atomic mass is 32.2. The summed E-state index contributed by atoms with van der Waals surface area (Å²) in [6.07, 6.45) is -3.55. The Labute approximate surface area is 317 Å². The van der Waals surface area contributed by atoms with Crippen LogP contribution in [0.25, 0.3) is 22.3 Å². The number of aliphatic hydroxyl groups excluding tert-OH is 1. The van der Waals surface area contributed by atoms with Crippen molar-refractivity contribution in [1.29, 1.82) is 0 Å². The Bertz CT molecular complexity index is 2490. The van der Waals surface area contributed by atoms with Gasteiger partial charge >= 0.3 is 10.3 Å². The fraction of sp³-hybridized carbons (Fsp3) is 0.314. The van der Waals surface area contributed by atoms with Crippen LogP contribution in [0.5, 0.6) is 0 Å². The topological polar surface area (TPSA) is 239 Å². The number of carbonyl (C=O) groups excluding carboxylic acids is 2. The molecule has 7 atom stereocenters. The Morgan fingerprint density at radius 2 is 1.38 bits per heavy atom. The quantitative estimate of drug-likeness (QED) is 0.140. The van der Waals surface area contributed by atoms with Crippen molar-refractivity contribution in [3.05, 3.63) is 97.1 Å². The third-order valence-corrected chi connectivity index (χ3v) is 10.4. The van der Waals surface area contributed by atoms with Crippen molar-refractivity contribution in [2.24, 2.45) is 0 Å². The molecular formula is C35H34FN11O8S. The summed E-state index contributed by atoms with van der Waals surface area (Å²) < 4.78 is 65.0. The van der Waals surface area contributed by atoms with E-state index in [0.29, 0.717) is 16.8 Å². The molecule has 0 radical (unpaired) electrons. The van der Waals surface area contributed by atoms with Gasteiger partial charge in [0.2, 0.25) is 0 Å². The molecule has 21 heteroatoms. The van der Waals surface area contributed by atoms with Crippen molar-refractivity contribution in [2.45, 2.75) is 62.8 Å². The van der Waals surface area contributed by atoms with Gasteiger partial charge in [-0.3, -0.25) is 18.7 Å². The van der Waals surface area contributed by atoms with Crippen LogP contribution in [-0.2, 0) is 24.0 Å². The minimum Gasteiger partial charge on any atom is -0.390 e. The second-order valence-corrected chi connectivity index (χ2v) is 14.3. The first-order valence-electron chi connectivity index (χ1n) is 17.5. The lowest BCUT2D eigenvalue weighted by Crippen LogP contribution is -2.41. The average Bonchev–Trinajstić information content (AvgIpc) is 4.00. The maximum absolute atomic E-state index is 15.8. The molecular weight excluding hydrogens is 754 g/mol. The highest BCUT2D eigenvalue weighted by Crippen LogP contribution is 2.38. The lowest BCUT2D eigenvalue weighted by molar-refractivity contribution is -0.0294. The number of hydrogen-bond acceptors (Lipinski definition) is 14. The van der Waals surface area contributed by atoms with Crippen molar-refractivity contribution < 1.29 is 41.2 Å². The van der Waals surface area contributed by atoms with Gasteiger partial charge in [-0.2, -0.15) is 13.1 Å². The van der Waals surface area contributed by atoms with Gasteiger partial charge in [0.05, 0.1) is 31.0 Å². The number of imidazole rings is 2. The molecule has 2 saturated heterocycles. The Balaban J connectivity index is 0.945. The molecule has 2 aliphatic rings. The molecule has 2 amide bonds. The summed E-state index contributed by atoms with van der Waals surface area (Å²) in [4.78, 5) is 51.1. The van der Waals surface area contributed by atoms with Gasteiger partial charge in [0, 0.05) is 24.1 Å². The van der Waals surface area contributed by atoms with Gasteiger partial charge < -0.3 is 25.2 Å². The Morgan fingerprint density at radius 1 is 0.821 bits per heavy atom. The van der Waals surface area contributed by atoms with Gasteiger partial charge in [-0.15, -0.1) is 0 Å². The number of nitrogens with one attached hydrogen (secondary N) is 3. The van der Waals surface area contributed by atoms with Crippen LogP contribution < -0.4 is 15.4 Å². The first-order chi connectivity index (χ1) is 27.1. The fourth-order valence-corrected chi connectivity index (χ4v) is 7.53. The summed E-state index contributed by atoms with van der Waals surface area (Å²) in [5.74, 6) is -0.594. The molecule has 4 aromatic heterocycles. The average molecular weight is 788 g/mol. The highest BCUT2D eigenvalue weighted by Gasteiger charge is 2.49. The smallest absolute Gasteiger partial charge is 0.336 e. The molecule has 0 saturated carbocycles. The second kappa shape index (κ2) is 15.4.